The number of nitrogens with zero attached hydrogens (tertiary/aromatic N) is 3. The quantitative estimate of drug-likeness (QED) is 0.597. The summed E-state index contributed by atoms with van der Waals surface area (Å²) in [7, 11) is 1.36. The first-order valence-corrected chi connectivity index (χ1v) is 8.78. The Balaban J connectivity index is 0.00000261. The summed E-state index contributed by atoms with van der Waals surface area (Å²) in [4.78, 5) is 26.0. The summed E-state index contributed by atoms with van der Waals surface area (Å²) >= 11 is 1.27. The molecular formula is C17H20ClN5O3S. The van der Waals surface area contributed by atoms with Gasteiger partial charge in [-0.05, 0) is 31.5 Å². The van der Waals surface area contributed by atoms with Gasteiger partial charge < -0.3 is 20.5 Å². The maximum Gasteiger partial charge on any atom is 0.348 e. The van der Waals surface area contributed by atoms with Crippen molar-refractivity contribution < 1.29 is 14.3 Å². The summed E-state index contributed by atoms with van der Waals surface area (Å²) in [6.07, 6.45) is 2.91. The van der Waals surface area contributed by atoms with Crippen molar-refractivity contribution in [1.82, 2.24) is 15.0 Å². The van der Waals surface area contributed by atoms with Crippen molar-refractivity contribution in [3.05, 3.63) is 35.1 Å². The molecule has 1 atom stereocenters. The third kappa shape index (κ3) is 4.26. The molecule has 0 spiro atoms. The van der Waals surface area contributed by atoms with Gasteiger partial charge in [0.15, 0.2) is 0 Å². The van der Waals surface area contributed by atoms with Gasteiger partial charge in [-0.25, -0.2) is 19.7 Å². The zero-order valence-corrected chi connectivity index (χ0v) is 16.7. The van der Waals surface area contributed by atoms with Gasteiger partial charge in [0.05, 0.1) is 12.5 Å². The molecule has 3 aromatic heterocycles. The second kappa shape index (κ2) is 8.94. The zero-order valence-electron chi connectivity index (χ0n) is 15.1. The Morgan fingerprint density at radius 2 is 2.15 bits per heavy atom. The van der Waals surface area contributed by atoms with Gasteiger partial charge in [0, 0.05) is 12.7 Å². The molecule has 1 unspecified atom stereocenters. The Bertz CT molecular complexity index is 949. The molecule has 0 radical (unpaired) electrons. The highest BCUT2D eigenvalue weighted by Crippen LogP contribution is 2.36. The van der Waals surface area contributed by atoms with E-state index in [-0.39, 0.29) is 18.5 Å². The van der Waals surface area contributed by atoms with Crippen molar-refractivity contribution >= 4 is 51.4 Å². The fraction of sp³-hybridized carbons (Fsp3) is 0.294. The molecule has 3 N–H and O–H groups in total. The maximum absolute atomic E-state index is 12.0. The number of hydrogen-bond acceptors (Lipinski definition) is 9. The average molecular weight is 410 g/mol. The summed E-state index contributed by atoms with van der Waals surface area (Å²) in [5, 5.41) is 3.99. The van der Waals surface area contributed by atoms with E-state index in [4.69, 9.17) is 15.2 Å². The van der Waals surface area contributed by atoms with Gasteiger partial charge >= 0.3 is 5.97 Å². The van der Waals surface area contributed by atoms with E-state index in [1.54, 1.807) is 12.3 Å². The number of esters is 1. The molecule has 0 saturated carbocycles. The largest absolute Gasteiger partial charge is 0.472 e. The van der Waals surface area contributed by atoms with Gasteiger partial charge in [-0.3, -0.25) is 0 Å². The van der Waals surface area contributed by atoms with E-state index in [1.807, 2.05) is 19.9 Å². The smallest absolute Gasteiger partial charge is 0.348 e. The van der Waals surface area contributed by atoms with Crippen molar-refractivity contribution in [2.24, 2.45) is 5.73 Å². The minimum atomic E-state index is -0.390. The number of aromatic nitrogens is 3. The van der Waals surface area contributed by atoms with Gasteiger partial charge in [0.2, 0.25) is 5.88 Å². The highest BCUT2D eigenvalue weighted by atomic mass is 35.5. The lowest BCUT2D eigenvalue weighted by molar-refractivity contribution is 0.0605. The molecular weight excluding hydrogens is 390 g/mol. The number of halogens is 1. The number of nitrogens with two attached hydrogens (primary N) is 1. The van der Waals surface area contributed by atoms with E-state index >= 15 is 0 Å². The number of aryl methyl sites for hydroxylation is 1. The molecule has 3 aromatic rings. The molecule has 3 heterocycles. The number of pyridine rings is 1. The van der Waals surface area contributed by atoms with Crippen LogP contribution in [0.5, 0.6) is 5.88 Å². The molecule has 0 aliphatic rings. The minimum Gasteiger partial charge on any atom is -0.472 e. The third-order valence-corrected chi connectivity index (χ3v) is 4.95. The van der Waals surface area contributed by atoms with Gasteiger partial charge in [0.1, 0.15) is 33.6 Å². The Morgan fingerprint density at radius 1 is 1.37 bits per heavy atom. The molecule has 27 heavy (non-hydrogen) atoms. The molecule has 144 valence electrons. The highest BCUT2D eigenvalue weighted by molar-refractivity contribution is 7.20. The average Bonchev–Trinajstić information content (AvgIpc) is 3.00. The zero-order chi connectivity index (χ0) is 18.7. The number of rotatable bonds is 6. The van der Waals surface area contributed by atoms with Crippen LogP contribution in [0.15, 0.2) is 24.7 Å². The molecule has 0 aliphatic carbocycles. The van der Waals surface area contributed by atoms with Gasteiger partial charge in [0.25, 0.3) is 0 Å². The van der Waals surface area contributed by atoms with Crippen LogP contribution in [0.1, 0.15) is 22.2 Å². The van der Waals surface area contributed by atoms with Crippen LogP contribution in [0, 0.1) is 6.92 Å². The summed E-state index contributed by atoms with van der Waals surface area (Å²) < 4.78 is 10.6. The number of carbonyl (C=O) groups excluding carboxylic acids is 1. The molecule has 3 rings (SSSR count). The van der Waals surface area contributed by atoms with Crippen molar-refractivity contribution in [2.45, 2.75) is 20.0 Å². The number of methoxy groups -OCH3 is 1. The molecule has 0 aliphatic heterocycles. The van der Waals surface area contributed by atoms with E-state index in [1.165, 1.54) is 24.8 Å². The Morgan fingerprint density at radius 3 is 2.85 bits per heavy atom. The monoisotopic (exact) mass is 409 g/mol. The number of thiophene rings is 1. The SMILES string of the molecule is COC(=O)c1sc2ncnc(Nc3cccnc3OC(C)CN)c2c1C.Cl. The Kier molecular flexibility index (Phi) is 6.89. The van der Waals surface area contributed by atoms with E-state index < -0.39 is 5.97 Å². The first-order valence-electron chi connectivity index (χ1n) is 7.96. The van der Waals surface area contributed by atoms with E-state index in [0.29, 0.717) is 33.6 Å². The first kappa shape index (κ1) is 20.8. The van der Waals surface area contributed by atoms with Gasteiger partial charge in [-0.15, -0.1) is 23.7 Å². The fourth-order valence-corrected chi connectivity index (χ4v) is 3.47. The van der Waals surface area contributed by atoms with Crippen LogP contribution in [0.4, 0.5) is 11.5 Å². The second-order valence-electron chi connectivity index (χ2n) is 5.60. The van der Waals surface area contributed by atoms with Crippen molar-refractivity contribution in [3.63, 3.8) is 0 Å². The molecule has 8 nitrogen and oxygen atoms in total. The lowest BCUT2D eigenvalue weighted by Gasteiger charge is -2.15. The lowest BCUT2D eigenvalue weighted by atomic mass is 10.2. The normalized spacial score (nSPS) is 11.6. The Hall–Kier alpha value is -2.49. The van der Waals surface area contributed by atoms with Crippen LogP contribution < -0.4 is 15.8 Å². The topological polar surface area (TPSA) is 112 Å². The van der Waals surface area contributed by atoms with Crippen LogP contribution in [0.3, 0.4) is 0 Å². The fourth-order valence-electron chi connectivity index (χ4n) is 2.40. The number of hydrogen-bond donors (Lipinski definition) is 2. The third-order valence-electron chi connectivity index (χ3n) is 3.77. The van der Waals surface area contributed by atoms with Crippen LogP contribution in [0.2, 0.25) is 0 Å². The lowest BCUT2D eigenvalue weighted by Crippen LogP contribution is -2.23. The standard InChI is InChI=1S/C17H19N5O3S.ClH/c1-9(7-18)25-15-11(5-4-6-19-15)22-14-12-10(2)13(17(23)24-3)26-16(12)21-8-20-14;/h4-6,8-9H,7,18H2,1-3H3,(H,20,21,22);1H. The molecule has 0 fully saturated rings. The number of nitrogens with one attached hydrogen (secondary N) is 1. The molecule has 0 saturated heterocycles. The van der Waals surface area contributed by atoms with Gasteiger partial charge in [-0.1, -0.05) is 0 Å². The number of fused-ring (bicyclic) bond motifs is 1. The van der Waals surface area contributed by atoms with Crippen LogP contribution in [-0.4, -0.2) is 40.7 Å². The molecule has 0 amide bonds. The van der Waals surface area contributed by atoms with Gasteiger partial charge in [-0.2, -0.15) is 0 Å². The highest BCUT2D eigenvalue weighted by Gasteiger charge is 2.20. The number of carbonyl (C=O) groups is 1. The van der Waals surface area contributed by atoms with E-state index in [0.717, 1.165) is 10.9 Å². The second-order valence-corrected chi connectivity index (χ2v) is 6.59. The minimum absolute atomic E-state index is 0. The maximum atomic E-state index is 12.0. The molecule has 10 heteroatoms. The summed E-state index contributed by atoms with van der Waals surface area (Å²) in [5.74, 6) is 0.606. The number of anilines is 2. The number of ether oxygens (including phenoxy) is 2. The Labute approximate surface area is 166 Å². The summed E-state index contributed by atoms with van der Waals surface area (Å²) in [6, 6.07) is 3.63. The van der Waals surface area contributed by atoms with Crippen molar-refractivity contribution in [1.29, 1.82) is 0 Å². The van der Waals surface area contributed by atoms with E-state index in [2.05, 4.69) is 20.3 Å². The van der Waals surface area contributed by atoms with E-state index in [9.17, 15) is 4.79 Å². The summed E-state index contributed by atoms with van der Waals surface area (Å²) in [6.45, 7) is 4.09. The van der Waals surface area contributed by atoms with Crippen molar-refractivity contribution in [2.75, 3.05) is 19.0 Å². The first-order chi connectivity index (χ1) is 12.5. The summed E-state index contributed by atoms with van der Waals surface area (Å²) in [5.41, 5.74) is 7.04. The van der Waals surface area contributed by atoms with Crippen LogP contribution in [0.25, 0.3) is 10.2 Å². The molecule has 0 bridgehead atoms. The predicted octanol–water partition coefficient (Wildman–Crippen LogP) is 3.07. The predicted molar refractivity (Wildman–Crippen MR) is 107 cm³/mol. The van der Waals surface area contributed by atoms with Crippen molar-refractivity contribution in [3.8, 4) is 5.88 Å². The molecule has 0 aromatic carbocycles. The van der Waals surface area contributed by atoms with Crippen LogP contribution >= 0.6 is 23.7 Å². The van der Waals surface area contributed by atoms with Crippen LogP contribution in [-0.2, 0) is 4.74 Å².